The molecule has 0 aliphatic carbocycles. The highest BCUT2D eigenvalue weighted by molar-refractivity contribution is 6.28. The summed E-state index contributed by atoms with van der Waals surface area (Å²) >= 11 is 6.01. The third-order valence-electron chi connectivity index (χ3n) is 3.91. The van der Waals surface area contributed by atoms with E-state index >= 15 is 0 Å². The van der Waals surface area contributed by atoms with Crippen LogP contribution < -0.4 is 5.32 Å². The molecule has 4 aromatic heterocycles. The molecule has 5 rings (SSSR count). The summed E-state index contributed by atoms with van der Waals surface area (Å²) in [6, 6.07) is 9.72. The lowest BCUT2D eigenvalue weighted by molar-refractivity contribution is 1.08. The average Bonchev–Trinajstić information content (AvgIpc) is 3.32. The number of H-pyrrole nitrogens is 3. The van der Waals surface area contributed by atoms with E-state index in [0.29, 0.717) is 17.3 Å². The van der Waals surface area contributed by atoms with E-state index in [9.17, 15) is 0 Å². The number of aromatic amines is 3. The zero-order valence-electron chi connectivity index (χ0n) is 12.7. The quantitative estimate of drug-likeness (QED) is 0.371. The molecule has 122 valence electrons. The standard InChI is InChI=1S/C16H11ClN8/c17-16-23-13-8(5-6-18-13)14(24-16)22-11-7-19-25-12(11)15-20-9-3-1-2-4-10(9)21-15/h1-7H,(H,19,25)(H,20,21)(H2,18,22,23,24). The summed E-state index contributed by atoms with van der Waals surface area (Å²) < 4.78 is 0. The molecule has 0 unspecified atom stereocenters. The van der Waals surface area contributed by atoms with Gasteiger partial charge in [-0.05, 0) is 29.8 Å². The number of hydrogen-bond donors (Lipinski definition) is 4. The summed E-state index contributed by atoms with van der Waals surface area (Å²) in [5, 5.41) is 11.3. The van der Waals surface area contributed by atoms with E-state index in [1.165, 1.54) is 0 Å². The van der Waals surface area contributed by atoms with Crippen molar-refractivity contribution in [1.29, 1.82) is 0 Å². The second-order valence-corrected chi connectivity index (χ2v) is 5.81. The summed E-state index contributed by atoms with van der Waals surface area (Å²) in [5.41, 5.74) is 3.97. The average molecular weight is 351 g/mol. The number of halogens is 1. The van der Waals surface area contributed by atoms with Gasteiger partial charge in [0, 0.05) is 6.20 Å². The number of fused-ring (bicyclic) bond motifs is 2. The molecule has 1 aromatic carbocycles. The Morgan fingerprint density at radius 1 is 1.04 bits per heavy atom. The number of aromatic nitrogens is 7. The van der Waals surface area contributed by atoms with Gasteiger partial charge in [0.25, 0.3) is 0 Å². The normalized spacial score (nSPS) is 11.4. The summed E-state index contributed by atoms with van der Waals surface area (Å²) in [6.45, 7) is 0. The predicted molar refractivity (Wildman–Crippen MR) is 95.9 cm³/mol. The molecule has 0 amide bonds. The highest BCUT2D eigenvalue weighted by Gasteiger charge is 2.15. The van der Waals surface area contributed by atoms with Gasteiger partial charge in [0.1, 0.15) is 17.2 Å². The maximum Gasteiger partial charge on any atom is 0.226 e. The van der Waals surface area contributed by atoms with Gasteiger partial charge in [0.05, 0.1) is 28.3 Å². The summed E-state index contributed by atoms with van der Waals surface area (Å²) in [5.74, 6) is 1.28. The fourth-order valence-corrected chi connectivity index (χ4v) is 2.94. The van der Waals surface area contributed by atoms with Crippen molar-refractivity contribution < 1.29 is 0 Å². The van der Waals surface area contributed by atoms with E-state index in [4.69, 9.17) is 11.6 Å². The van der Waals surface area contributed by atoms with Crippen molar-refractivity contribution in [1.82, 2.24) is 35.1 Å². The van der Waals surface area contributed by atoms with Gasteiger partial charge in [0.2, 0.25) is 5.28 Å². The molecule has 0 fully saturated rings. The van der Waals surface area contributed by atoms with Crippen LogP contribution in [-0.4, -0.2) is 35.1 Å². The van der Waals surface area contributed by atoms with E-state index in [-0.39, 0.29) is 5.28 Å². The van der Waals surface area contributed by atoms with Gasteiger partial charge in [-0.2, -0.15) is 15.1 Å². The van der Waals surface area contributed by atoms with Gasteiger partial charge in [0.15, 0.2) is 5.82 Å². The highest BCUT2D eigenvalue weighted by atomic mass is 35.5. The number of hydrogen-bond acceptors (Lipinski definition) is 5. The Morgan fingerprint density at radius 2 is 1.96 bits per heavy atom. The molecular weight excluding hydrogens is 340 g/mol. The summed E-state index contributed by atoms with van der Waals surface area (Å²) in [4.78, 5) is 19.3. The third-order valence-corrected chi connectivity index (χ3v) is 4.08. The van der Waals surface area contributed by atoms with Gasteiger partial charge in [-0.1, -0.05) is 12.1 Å². The molecule has 0 radical (unpaired) electrons. The molecule has 25 heavy (non-hydrogen) atoms. The number of anilines is 2. The third kappa shape index (κ3) is 2.31. The van der Waals surface area contributed by atoms with Crippen molar-refractivity contribution in [3.05, 3.63) is 48.0 Å². The van der Waals surface area contributed by atoms with E-state index in [0.717, 1.165) is 27.8 Å². The first kappa shape index (κ1) is 14.0. The predicted octanol–water partition coefficient (Wildman–Crippen LogP) is 3.62. The molecule has 5 aromatic rings. The first-order valence-electron chi connectivity index (χ1n) is 7.54. The Kier molecular flexibility index (Phi) is 2.98. The molecule has 0 saturated heterocycles. The number of nitrogens with one attached hydrogen (secondary N) is 4. The van der Waals surface area contributed by atoms with Crippen molar-refractivity contribution in [2.75, 3.05) is 5.32 Å². The number of nitrogens with zero attached hydrogens (tertiary/aromatic N) is 4. The minimum Gasteiger partial charge on any atom is -0.346 e. The van der Waals surface area contributed by atoms with Crippen molar-refractivity contribution in [2.24, 2.45) is 0 Å². The van der Waals surface area contributed by atoms with E-state index in [1.54, 1.807) is 12.4 Å². The van der Waals surface area contributed by atoms with Crippen LogP contribution in [0.25, 0.3) is 33.6 Å². The van der Waals surface area contributed by atoms with Crippen molar-refractivity contribution in [3.8, 4) is 11.5 Å². The topological polar surface area (TPSA) is 111 Å². The molecule has 4 heterocycles. The van der Waals surface area contributed by atoms with Gasteiger partial charge < -0.3 is 15.3 Å². The lowest BCUT2D eigenvalue weighted by Crippen LogP contribution is -1.97. The smallest absolute Gasteiger partial charge is 0.226 e. The minimum absolute atomic E-state index is 0.159. The monoisotopic (exact) mass is 350 g/mol. The Labute approximate surface area is 145 Å². The molecule has 9 heteroatoms. The highest BCUT2D eigenvalue weighted by Crippen LogP contribution is 2.30. The Morgan fingerprint density at radius 3 is 2.88 bits per heavy atom. The maximum atomic E-state index is 6.01. The van der Waals surface area contributed by atoms with Crippen LogP contribution in [0.15, 0.2) is 42.7 Å². The number of para-hydroxylation sites is 2. The van der Waals surface area contributed by atoms with Crippen molar-refractivity contribution in [2.45, 2.75) is 0 Å². The first-order chi connectivity index (χ1) is 12.3. The van der Waals surface area contributed by atoms with Crippen LogP contribution in [0.2, 0.25) is 5.28 Å². The molecule has 0 atom stereocenters. The lowest BCUT2D eigenvalue weighted by Gasteiger charge is -2.06. The van der Waals surface area contributed by atoms with Gasteiger partial charge in [-0.3, -0.25) is 5.10 Å². The van der Waals surface area contributed by atoms with Crippen LogP contribution in [0, 0.1) is 0 Å². The second-order valence-electron chi connectivity index (χ2n) is 5.47. The fourth-order valence-electron chi connectivity index (χ4n) is 2.77. The number of benzene rings is 1. The van der Waals surface area contributed by atoms with Gasteiger partial charge in [-0.25, -0.2) is 4.98 Å². The zero-order valence-corrected chi connectivity index (χ0v) is 13.5. The van der Waals surface area contributed by atoms with E-state index < -0.39 is 0 Å². The van der Waals surface area contributed by atoms with Crippen LogP contribution in [-0.2, 0) is 0 Å². The lowest BCUT2D eigenvalue weighted by atomic mass is 10.3. The SMILES string of the molecule is Clc1nc(Nc2cn[nH]c2-c2nc3ccccc3[nH]2)c2cc[nH]c2n1. The Hall–Kier alpha value is -3.39. The Bertz CT molecular complexity index is 1170. The van der Waals surface area contributed by atoms with Crippen LogP contribution >= 0.6 is 11.6 Å². The van der Waals surface area contributed by atoms with Crippen molar-refractivity contribution >= 4 is 45.2 Å². The largest absolute Gasteiger partial charge is 0.346 e. The molecule has 0 bridgehead atoms. The molecule has 0 spiro atoms. The Balaban J connectivity index is 1.60. The molecule has 0 aliphatic heterocycles. The van der Waals surface area contributed by atoms with Crippen LogP contribution in [0.4, 0.5) is 11.5 Å². The molecular formula is C16H11ClN8. The van der Waals surface area contributed by atoms with E-state index in [1.807, 2.05) is 30.3 Å². The zero-order chi connectivity index (χ0) is 16.8. The maximum absolute atomic E-state index is 6.01. The van der Waals surface area contributed by atoms with Gasteiger partial charge in [-0.15, -0.1) is 0 Å². The first-order valence-corrected chi connectivity index (χ1v) is 7.92. The fraction of sp³-hybridized carbons (Fsp3) is 0. The van der Waals surface area contributed by atoms with E-state index in [2.05, 4.69) is 40.4 Å². The second kappa shape index (κ2) is 5.32. The molecule has 0 saturated carbocycles. The van der Waals surface area contributed by atoms with Crippen LogP contribution in [0.1, 0.15) is 0 Å². The summed E-state index contributed by atoms with van der Waals surface area (Å²) in [6.07, 6.45) is 3.47. The number of rotatable bonds is 3. The summed E-state index contributed by atoms with van der Waals surface area (Å²) in [7, 11) is 0. The molecule has 8 nitrogen and oxygen atoms in total. The van der Waals surface area contributed by atoms with Crippen molar-refractivity contribution in [3.63, 3.8) is 0 Å². The van der Waals surface area contributed by atoms with Crippen LogP contribution in [0.3, 0.4) is 0 Å². The van der Waals surface area contributed by atoms with Gasteiger partial charge >= 0.3 is 0 Å². The minimum atomic E-state index is 0.159. The molecule has 0 aliphatic rings. The molecule has 4 N–H and O–H groups in total. The van der Waals surface area contributed by atoms with Crippen LogP contribution in [0.5, 0.6) is 0 Å². The number of imidazole rings is 1.